The molecule has 1 aromatic rings. The van der Waals surface area contributed by atoms with Gasteiger partial charge in [-0.1, -0.05) is 0 Å². The number of nitrogens with one attached hydrogen (secondary N) is 1. The number of hydrogen-bond acceptors (Lipinski definition) is 3. The molecule has 1 aromatic heterocycles. The average molecular weight is 210 g/mol. The number of aromatic nitrogens is 1. The number of nitrogens with zero attached hydrogens (tertiary/aromatic N) is 1. The Kier molecular flexibility index (Phi) is 2.54. The van der Waals surface area contributed by atoms with E-state index in [1.165, 1.54) is 0 Å². The fraction of sp³-hybridized carbons (Fsp3) is 0.600. The lowest BCUT2D eigenvalue weighted by Gasteiger charge is -2.10. The molecule has 0 bridgehead atoms. The van der Waals surface area contributed by atoms with Crippen LogP contribution in [0.3, 0.4) is 0 Å². The van der Waals surface area contributed by atoms with E-state index in [0.29, 0.717) is 0 Å². The molecule has 1 unspecified atom stereocenters. The lowest BCUT2D eigenvalue weighted by molar-refractivity contribution is -0.122. The second-order valence-corrected chi connectivity index (χ2v) is 4.72. The van der Waals surface area contributed by atoms with Crippen LogP contribution in [0.1, 0.15) is 36.5 Å². The molecule has 1 aliphatic carbocycles. The molecule has 0 saturated heterocycles. The van der Waals surface area contributed by atoms with Crippen molar-refractivity contribution in [2.24, 2.45) is 5.92 Å². The summed E-state index contributed by atoms with van der Waals surface area (Å²) in [6, 6.07) is 0.0572. The molecule has 0 radical (unpaired) electrons. The van der Waals surface area contributed by atoms with Crippen molar-refractivity contribution in [3.63, 3.8) is 0 Å². The molecule has 1 fully saturated rings. The van der Waals surface area contributed by atoms with Crippen LogP contribution < -0.4 is 5.32 Å². The zero-order valence-corrected chi connectivity index (χ0v) is 9.23. The van der Waals surface area contributed by atoms with E-state index in [0.717, 1.165) is 23.5 Å². The quantitative estimate of drug-likeness (QED) is 0.829. The third-order valence-electron chi connectivity index (χ3n) is 2.31. The number of amides is 1. The lowest BCUT2D eigenvalue weighted by Crippen LogP contribution is -2.27. The van der Waals surface area contributed by atoms with Gasteiger partial charge in [0.15, 0.2) is 0 Å². The van der Waals surface area contributed by atoms with Crippen molar-refractivity contribution in [2.45, 2.75) is 32.7 Å². The van der Waals surface area contributed by atoms with E-state index in [2.05, 4.69) is 10.3 Å². The predicted octanol–water partition coefficient (Wildman–Crippen LogP) is 2.04. The van der Waals surface area contributed by atoms with Crippen molar-refractivity contribution in [1.82, 2.24) is 10.3 Å². The van der Waals surface area contributed by atoms with Gasteiger partial charge >= 0.3 is 0 Å². The van der Waals surface area contributed by atoms with Crippen LogP contribution in [0.4, 0.5) is 0 Å². The van der Waals surface area contributed by atoms with Crippen LogP contribution in [0.25, 0.3) is 0 Å². The number of aryl methyl sites for hydroxylation is 1. The Hall–Kier alpha value is -0.900. The van der Waals surface area contributed by atoms with Crippen molar-refractivity contribution in [1.29, 1.82) is 0 Å². The molecule has 2 rings (SSSR count). The molecule has 76 valence electrons. The minimum atomic E-state index is 0.0572. The minimum absolute atomic E-state index is 0.0572. The highest BCUT2D eigenvalue weighted by Gasteiger charge is 2.30. The van der Waals surface area contributed by atoms with Crippen molar-refractivity contribution < 1.29 is 4.79 Å². The van der Waals surface area contributed by atoms with Gasteiger partial charge in [0.2, 0.25) is 5.91 Å². The Labute approximate surface area is 87.6 Å². The Balaban J connectivity index is 1.94. The molecule has 1 N–H and O–H groups in total. The first-order valence-corrected chi connectivity index (χ1v) is 5.77. The van der Waals surface area contributed by atoms with Gasteiger partial charge in [0, 0.05) is 17.0 Å². The van der Waals surface area contributed by atoms with Gasteiger partial charge in [0.1, 0.15) is 5.01 Å². The molecule has 0 spiro atoms. The summed E-state index contributed by atoms with van der Waals surface area (Å²) in [5.41, 5.74) is 1.03. The van der Waals surface area contributed by atoms with Gasteiger partial charge in [-0.3, -0.25) is 4.79 Å². The average Bonchev–Trinajstić information content (AvgIpc) is 2.89. The van der Waals surface area contributed by atoms with Crippen LogP contribution in [0.2, 0.25) is 0 Å². The molecule has 1 aliphatic rings. The monoisotopic (exact) mass is 210 g/mol. The van der Waals surface area contributed by atoms with Gasteiger partial charge in [-0.15, -0.1) is 11.3 Å². The molecule has 3 nitrogen and oxygen atoms in total. The number of carbonyl (C=O) groups excluding carboxylic acids is 1. The lowest BCUT2D eigenvalue weighted by atomic mass is 10.3. The van der Waals surface area contributed by atoms with Gasteiger partial charge in [-0.05, 0) is 26.7 Å². The summed E-state index contributed by atoms with van der Waals surface area (Å²) < 4.78 is 0. The predicted molar refractivity (Wildman–Crippen MR) is 56.1 cm³/mol. The van der Waals surface area contributed by atoms with Crippen LogP contribution in [0.15, 0.2) is 5.38 Å². The van der Waals surface area contributed by atoms with E-state index < -0.39 is 0 Å². The molecule has 0 aromatic carbocycles. The van der Waals surface area contributed by atoms with Crippen LogP contribution in [-0.2, 0) is 4.79 Å². The van der Waals surface area contributed by atoms with Crippen molar-refractivity contribution in [2.75, 3.05) is 0 Å². The Morgan fingerprint density at radius 3 is 2.93 bits per heavy atom. The molecule has 1 amide bonds. The maximum Gasteiger partial charge on any atom is 0.223 e. The van der Waals surface area contributed by atoms with Crippen LogP contribution in [0.5, 0.6) is 0 Å². The molecule has 1 atom stereocenters. The third-order valence-corrected chi connectivity index (χ3v) is 3.46. The summed E-state index contributed by atoms with van der Waals surface area (Å²) in [7, 11) is 0. The molecule has 1 saturated carbocycles. The summed E-state index contributed by atoms with van der Waals surface area (Å²) in [6.07, 6.45) is 2.10. The largest absolute Gasteiger partial charge is 0.347 e. The molecule has 14 heavy (non-hydrogen) atoms. The smallest absolute Gasteiger partial charge is 0.223 e. The standard InChI is InChI=1S/C10H14N2OS/c1-6-5-14-10(11-6)7(2)12-9(13)8-3-4-8/h5,7-8H,3-4H2,1-2H3,(H,12,13). The summed E-state index contributed by atoms with van der Waals surface area (Å²) >= 11 is 1.61. The van der Waals surface area contributed by atoms with E-state index in [1.54, 1.807) is 11.3 Å². The first-order chi connectivity index (χ1) is 6.66. The van der Waals surface area contributed by atoms with Crippen molar-refractivity contribution in [3.8, 4) is 0 Å². The Bertz CT molecular complexity index is 344. The zero-order chi connectivity index (χ0) is 10.1. The Morgan fingerprint density at radius 2 is 2.43 bits per heavy atom. The van der Waals surface area contributed by atoms with Crippen LogP contribution in [0, 0.1) is 12.8 Å². The summed E-state index contributed by atoms with van der Waals surface area (Å²) in [5, 5.41) is 5.99. The number of rotatable bonds is 3. The summed E-state index contributed by atoms with van der Waals surface area (Å²) in [6.45, 7) is 3.95. The highest BCUT2D eigenvalue weighted by molar-refractivity contribution is 7.09. The number of carbonyl (C=O) groups is 1. The maximum atomic E-state index is 11.5. The second-order valence-electron chi connectivity index (χ2n) is 3.83. The van der Waals surface area contributed by atoms with Crippen molar-refractivity contribution in [3.05, 3.63) is 16.1 Å². The number of hydrogen-bond donors (Lipinski definition) is 1. The first kappa shape index (κ1) is 9.65. The minimum Gasteiger partial charge on any atom is -0.347 e. The van der Waals surface area contributed by atoms with E-state index in [4.69, 9.17) is 0 Å². The maximum absolute atomic E-state index is 11.5. The van der Waals surface area contributed by atoms with E-state index in [-0.39, 0.29) is 17.9 Å². The second kappa shape index (κ2) is 3.69. The number of thiazole rings is 1. The molecule has 1 heterocycles. The summed E-state index contributed by atoms with van der Waals surface area (Å²) in [5.74, 6) is 0.462. The summed E-state index contributed by atoms with van der Waals surface area (Å²) in [4.78, 5) is 15.8. The Morgan fingerprint density at radius 1 is 1.71 bits per heavy atom. The molecular weight excluding hydrogens is 196 g/mol. The van der Waals surface area contributed by atoms with Gasteiger partial charge in [0.05, 0.1) is 6.04 Å². The SMILES string of the molecule is Cc1csc(C(C)NC(=O)C2CC2)n1. The van der Waals surface area contributed by atoms with Gasteiger partial charge in [-0.2, -0.15) is 0 Å². The third kappa shape index (κ3) is 2.12. The van der Waals surface area contributed by atoms with E-state index in [1.807, 2.05) is 19.2 Å². The molecule has 4 heteroatoms. The topological polar surface area (TPSA) is 42.0 Å². The zero-order valence-electron chi connectivity index (χ0n) is 8.41. The van der Waals surface area contributed by atoms with Gasteiger partial charge in [-0.25, -0.2) is 4.98 Å². The van der Waals surface area contributed by atoms with Crippen LogP contribution >= 0.6 is 11.3 Å². The van der Waals surface area contributed by atoms with Crippen LogP contribution in [-0.4, -0.2) is 10.9 Å². The van der Waals surface area contributed by atoms with Gasteiger partial charge < -0.3 is 5.32 Å². The van der Waals surface area contributed by atoms with Gasteiger partial charge in [0.25, 0.3) is 0 Å². The van der Waals surface area contributed by atoms with E-state index >= 15 is 0 Å². The normalized spacial score (nSPS) is 17.9. The fourth-order valence-electron chi connectivity index (χ4n) is 1.31. The highest BCUT2D eigenvalue weighted by atomic mass is 32.1. The molecule has 0 aliphatic heterocycles. The van der Waals surface area contributed by atoms with E-state index in [9.17, 15) is 4.79 Å². The van der Waals surface area contributed by atoms with Crippen molar-refractivity contribution >= 4 is 17.2 Å². The molecular formula is C10H14N2OS. The fourth-order valence-corrected chi connectivity index (χ4v) is 2.11. The first-order valence-electron chi connectivity index (χ1n) is 4.89. The highest BCUT2D eigenvalue weighted by Crippen LogP contribution is 2.30.